The Bertz CT molecular complexity index is 1050. The van der Waals surface area contributed by atoms with Gasteiger partial charge in [-0.15, -0.1) is 6.42 Å². The van der Waals surface area contributed by atoms with Crippen LogP contribution in [-0.4, -0.2) is 98.8 Å². The number of rotatable bonds is 12. The number of nitro groups is 1. The molecule has 0 bridgehead atoms. The Balaban J connectivity index is 2.91. The number of aromatic nitrogens is 1. The van der Waals surface area contributed by atoms with E-state index >= 15 is 0 Å². The first kappa shape index (κ1) is 27.6. The molecule has 1 unspecified atom stereocenters. The van der Waals surface area contributed by atoms with Gasteiger partial charge in [-0.25, -0.2) is 18.0 Å². The molecule has 178 valence electrons. The summed E-state index contributed by atoms with van der Waals surface area (Å²) in [5.41, 5.74) is -1.15. The minimum Gasteiger partial charge on any atom is -0.329 e. The van der Waals surface area contributed by atoms with Gasteiger partial charge in [-0.1, -0.05) is 5.92 Å². The van der Waals surface area contributed by atoms with Crippen molar-refractivity contribution in [3.63, 3.8) is 0 Å². The molecule has 0 saturated carbocycles. The minimum absolute atomic E-state index is 0.0354. The van der Waals surface area contributed by atoms with Crippen molar-refractivity contribution in [1.82, 2.24) is 9.88 Å². The number of carbonyl (C=O) groups is 1. The monoisotopic (exact) mass is 493 g/mol. The van der Waals surface area contributed by atoms with E-state index < -0.39 is 45.8 Å². The molecule has 1 rings (SSSR count). The van der Waals surface area contributed by atoms with E-state index in [9.17, 15) is 32.8 Å². The average molecular weight is 493 g/mol. The van der Waals surface area contributed by atoms with Crippen LogP contribution in [0.25, 0.3) is 0 Å². The van der Waals surface area contributed by atoms with Crippen molar-refractivity contribution < 1.29 is 41.1 Å². The number of carbonyl (C=O) groups excluding carboxylic acids is 1. The zero-order valence-corrected chi connectivity index (χ0v) is 19.8. The zero-order valence-electron chi connectivity index (χ0n) is 18.1. The molecule has 32 heavy (non-hydrogen) atoms. The van der Waals surface area contributed by atoms with Crippen LogP contribution in [0.3, 0.4) is 0 Å². The predicted octanol–water partition coefficient (Wildman–Crippen LogP) is 0.309. The van der Waals surface area contributed by atoms with Crippen molar-refractivity contribution >= 4 is 29.3 Å². The molecule has 0 spiro atoms. The van der Waals surface area contributed by atoms with Gasteiger partial charge >= 0.3 is 13.5 Å². The van der Waals surface area contributed by atoms with Gasteiger partial charge in [0.15, 0.2) is 9.84 Å². The quantitative estimate of drug-likeness (QED) is 0.141. The number of nitrogens with zero attached hydrogens (tertiary/aromatic N) is 4. The fourth-order valence-electron chi connectivity index (χ4n) is 2.25. The molecule has 1 N–H and O–H groups in total. The molecule has 1 atom stereocenters. The summed E-state index contributed by atoms with van der Waals surface area (Å²) in [5.74, 6) is 1.42. The van der Waals surface area contributed by atoms with Gasteiger partial charge in [0.2, 0.25) is 5.03 Å². The summed E-state index contributed by atoms with van der Waals surface area (Å²) >= 11 is 0. The normalized spacial score (nSPS) is 13.8. The van der Waals surface area contributed by atoms with Gasteiger partial charge in [-0.3, -0.25) is 24.0 Å². The van der Waals surface area contributed by atoms with Crippen LogP contribution in [0, 0.1) is 22.5 Å². The molecule has 0 aromatic carbocycles. The van der Waals surface area contributed by atoms with E-state index in [2.05, 4.69) is 10.9 Å². The summed E-state index contributed by atoms with van der Waals surface area (Å²) < 4.78 is 45.5. The molecule has 0 saturated heterocycles. The van der Waals surface area contributed by atoms with E-state index in [1.54, 1.807) is 0 Å². The Morgan fingerprint density at radius 3 is 2.47 bits per heavy atom. The van der Waals surface area contributed by atoms with Gasteiger partial charge in [0.1, 0.15) is 13.2 Å². The number of terminal acetylenes is 1. The highest BCUT2D eigenvalue weighted by molar-refractivity contribution is 7.90. The first-order valence-corrected chi connectivity index (χ1v) is 12.5. The third kappa shape index (κ3) is 8.99. The van der Waals surface area contributed by atoms with Crippen LogP contribution in [0.5, 0.6) is 0 Å². The van der Waals surface area contributed by atoms with Gasteiger partial charge in [0.05, 0.1) is 44.8 Å². The van der Waals surface area contributed by atoms with E-state index in [1.807, 2.05) is 21.1 Å². The van der Waals surface area contributed by atoms with E-state index in [0.717, 1.165) is 23.4 Å². The highest BCUT2D eigenvalue weighted by atomic mass is 32.2. The summed E-state index contributed by atoms with van der Waals surface area (Å²) in [4.78, 5) is 37.3. The molecule has 0 fully saturated rings. The molecule has 1 aromatic heterocycles. The van der Waals surface area contributed by atoms with Gasteiger partial charge in [-0.2, -0.15) is 0 Å². The number of hydrogen-bond acceptors (Lipinski definition) is 9. The maximum Gasteiger partial charge on any atom is 0.472 e. The van der Waals surface area contributed by atoms with Crippen molar-refractivity contribution in [3.05, 3.63) is 27.9 Å². The minimum atomic E-state index is -4.37. The molecule has 15 heteroatoms. The predicted molar refractivity (Wildman–Crippen MR) is 113 cm³/mol. The van der Waals surface area contributed by atoms with E-state index in [0.29, 0.717) is 11.0 Å². The maximum atomic E-state index is 12.7. The van der Waals surface area contributed by atoms with Crippen LogP contribution in [0.15, 0.2) is 17.3 Å². The second-order valence-electron chi connectivity index (χ2n) is 7.66. The molecule has 13 nitrogen and oxygen atoms in total. The number of phosphoric ester groups is 1. The zero-order chi connectivity index (χ0) is 24.7. The number of pyridine rings is 1. The van der Waals surface area contributed by atoms with Crippen LogP contribution < -0.4 is 0 Å². The summed E-state index contributed by atoms with van der Waals surface area (Å²) in [6.45, 7) is -0.491. The fourth-order valence-corrected chi connectivity index (χ4v) is 3.71. The number of amides is 1. The summed E-state index contributed by atoms with van der Waals surface area (Å²) in [5, 5.41) is 10.4. The Hall–Kier alpha value is -2.40. The number of quaternary nitrogens is 1. The van der Waals surface area contributed by atoms with Gasteiger partial charge < -0.3 is 14.3 Å². The number of likely N-dealkylation sites (N-methyl/N-ethyl adjacent to an activating group) is 1. The number of phosphoric acid groups is 1. The molecule has 1 aromatic rings. The smallest absolute Gasteiger partial charge is 0.329 e. The molecule has 0 radical (unpaired) electrons. The lowest BCUT2D eigenvalue weighted by atomic mass is 10.2. The Labute approximate surface area is 186 Å². The van der Waals surface area contributed by atoms with Crippen molar-refractivity contribution in [2.45, 2.75) is 5.03 Å². The average Bonchev–Trinajstić information content (AvgIpc) is 2.64. The molecule has 0 aliphatic heterocycles. The second kappa shape index (κ2) is 11.0. The van der Waals surface area contributed by atoms with Gasteiger partial charge in [0, 0.05) is 25.1 Å². The van der Waals surface area contributed by atoms with E-state index in [-0.39, 0.29) is 25.3 Å². The SMILES string of the molecule is C#CCN(CCOP(=O)(O)OCC[N+](C)(C)C)C(=O)c1cnc(S(C)(=O)=O)c([N+](=O)[O-])c1. The topological polar surface area (TPSA) is 166 Å². The van der Waals surface area contributed by atoms with Gasteiger partial charge in [-0.05, 0) is 0 Å². The largest absolute Gasteiger partial charge is 0.472 e. The Morgan fingerprint density at radius 1 is 1.38 bits per heavy atom. The molecular formula is C17H26N4O9PS+. The second-order valence-corrected chi connectivity index (χ2v) is 11.0. The van der Waals surface area contributed by atoms with Crippen LogP contribution in [-0.2, 0) is 23.4 Å². The number of hydrogen-bond donors (Lipinski definition) is 1. The van der Waals surface area contributed by atoms with E-state index in [4.69, 9.17) is 15.5 Å². The highest BCUT2D eigenvalue weighted by Gasteiger charge is 2.28. The van der Waals surface area contributed by atoms with Crippen molar-refractivity contribution in [1.29, 1.82) is 0 Å². The van der Waals surface area contributed by atoms with Crippen LogP contribution in [0.2, 0.25) is 0 Å². The molecule has 1 amide bonds. The van der Waals surface area contributed by atoms with Crippen LogP contribution >= 0.6 is 7.82 Å². The highest BCUT2D eigenvalue weighted by Crippen LogP contribution is 2.42. The summed E-state index contributed by atoms with van der Waals surface area (Å²) in [6, 6.07) is 0.779. The molecular weight excluding hydrogens is 467 g/mol. The Morgan fingerprint density at radius 2 is 1.97 bits per heavy atom. The standard InChI is InChI=1S/C17H25N4O9PS/c1-6-7-19(8-10-29-31(25,26)30-11-9-21(2,3)4)17(22)14-12-15(20(23)24)16(18-13-14)32(5,27)28/h1,12-13H,7-11H2,2-5H3/p+1. The lowest BCUT2D eigenvalue weighted by Gasteiger charge is -2.24. The van der Waals surface area contributed by atoms with Crippen molar-refractivity contribution in [2.75, 3.05) is 60.2 Å². The first-order chi connectivity index (χ1) is 14.6. The van der Waals surface area contributed by atoms with Crippen molar-refractivity contribution in [2.24, 2.45) is 0 Å². The van der Waals surface area contributed by atoms with Crippen LogP contribution in [0.1, 0.15) is 10.4 Å². The molecule has 0 aliphatic rings. The summed E-state index contributed by atoms with van der Waals surface area (Å²) in [7, 11) is -2.76. The lowest BCUT2D eigenvalue weighted by Crippen LogP contribution is -2.37. The van der Waals surface area contributed by atoms with Crippen molar-refractivity contribution in [3.8, 4) is 12.3 Å². The first-order valence-electron chi connectivity index (χ1n) is 9.07. The Kier molecular flexibility index (Phi) is 9.46. The third-order valence-corrected chi connectivity index (χ3v) is 5.86. The molecule has 1 heterocycles. The maximum absolute atomic E-state index is 12.7. The van der Waals surface area contributed by atoms with Gasteiger partial charge in [0.25, 0.3) is 5.91 Å². The van der Waals surface area contributed by atoms with E-state index in [1.165, 1.54) is 0 Å². The lowest BCUT2D eigenvalue weighted by molar-refractivity contribution is -0.870. The third-order valence-electron chi connectivity index (χ3n) is 3.83. The van der Waals surface area contributed by atoms with Crippen LogP contribution in [0.4, 0.5) is 5.69 Å². The summed E-state index contributed by atoms with van der Waals surface area (Å²) in [6.07, 6.45) is 6.88. The molecule has 0 aliphatic carbocycles. The fraction of sp³-hybridized carbons (Fsp3) is 0.529. The number of sulfone groups is 1.